The second-order valence-electron chi connectivity index (χ2n) is 6.22. The maximum absolute atomic E-state index is 13.7. The van der Waals surface area contributed by atoms with E-state index in [4.69, 9.17) is 24.7 Å². The molecule has 0 saturated carbocycles. The summed E-state index contributed by atoms with van der Waals surface area (Å²) in [5, 5.41) is 0. The average Bonchev–Trinajstić information content (AvgIpc) is 3.15. The molecule has 0 amide bonds. The Labute approximate surface area is 163 Å². The van der Waals surface area contributed by atoms with Gasteiger partial charge in [-0.05, 0) is 0 Å². The Morgan fingerprint density at radius 1 is 1.14 bits per heavy atom. The molecule has 0 radical (unpaired) electrons. The molecule has 13 heteroatoms. The number of nitrogen functional groups attached to an aromatic ring is 1. The number of rotatable bonds is 5. The third kappa shape index (κ3) is 4.23. The van der Waals surface area contributed by atoms with Crippen molar-refractivity contribution in [1.29, 1.82) is 0 Å². The van der Waals surface area contributed by atoms with Crippen LogP contribution in [0.2, 0.25) is 0 Å². The van der Waals surface area contributed by atoms with Gasteiger partial charge in [0, 0.05) is 20.8 Å². The maximum Gasteiger partial charge on any atom is 0.312 e. The summed E-state index contributed by atoms with van der Waals surface area (Å²) < 4.78 is 36.3. The van der Waals surface area contributed by atoms with Crippen molar-refractivity contribution in [2.75, 3.05) is 12.3 Å². The topological polar surface area (TPSA) is 158 Å². The minimum absolute atomic E-state index is 0.0214. The van der Waals surface area contributed by atoms with Crippen LogP contribution in [0.25, 0.3) is 11.2 Å². The van der Waals surface area contributed by atoms with Crippen molar-refractivity contribution in [3.63, 3.8) is 0 Å². The Hall–Kier alpha value is -3.35. The second kappa shape index (κ2) is 7.95. The van der Waals surface area contributed by atoms with E-state index in [1.807, 2.05) is 0 Å². The van der Waals surface area contributed by atoms with E-state index in [9.17, 15) is 18.8 Å². The van der Waals surface area contributed by atoms with Gasteiger partial charge in [-0.1, -0.05) is 0 Å². The first-order chi connectivity index (χ1) is 13.7. The molecule has 2 N–H and O–H groups in total. The van der Waals surface area contributed by atoms with Gasteiger partial charge in [0.1, 0.15) is 12.7 Å². The average molecular weight is 411 g/mol. The summed E-state index contributed by atoms with van der Waals surface area (Å²) >= 11 is 0. The zero-order valence-electron chi connectivity index (χ0n) is 15.7. The lowest BCUT2D eigenvalue weighted by atomic mass is 10.1. The van der Waals surface area contributed by atoms with E-state index >= 15 is 0 Å². The van der Waals surface area contributed by atoms with Gasteiger partial charge in [0.05, 0.1) is 6.33 Å². The van der Waals surface area contributed by atoms with Crippen LogP contribution in [0.3, 0.4) is 0 Å². The molecule has 1 aliphatic rings. The fraction of sp³-hybridized carbons (Fsp3) is 0.500. The Kier molecular flexibility index (Phi) is 5.59. The molecule has 2 aromatic heterocycles. The highest BCUT2D eigenvalue weighted by molar-refractivity contribution is 5.81. The largest absolute Gasteiger partial charge is 0.463 e. The van der Waals surface area contributed by atoms with E-state index in [-0.39, 0.29) is 23.6 Å². The molecule has 1 fully saturated rings. The fourth-order valence-corrected chi connectivity index (χ4v) is 3.01. The van der Waals surface area contributed by atoms with Gasteiger partial charge in [0.2, 0.25) is 0 Å². The van der Waals surface area contributed by atoms with Crippen molar-refractivity contribution >= 4 is 34.9 Å². The van der Waals surface area contributed by atoms with E-state index in [1.165, 1.54) is 17.8 Å². The predicted octanol–water partition coefficient (Wildman–Crippen LogP) is -0.128. The Morgan fingerprint density at radius 2 is 1.79 bits per heavy atom. The Morgan fingerprint density at radius 3 is 2.41 bits per heavy atom. The number of carbonyl (C=O) groups is 3. The van der Waals surface area contributed by atoms with Crippen LogP contribution in [0.1, 0.15) is 27.0 Å². The molecule has 1 saturated heterocycles. The number of carbonyl (C=O) groups excluding carboxylic acids is 3. The van der Waals surface area contributed by atoms with Gasteiger partial charge in [0.15, 0.2) is 35.4 Å². The first-order valence-corrected chi connectivity index (χ1v) is 8.46. The first-order valence-electron chi connectivity index (χ1n) is 8.46. The molecule has 1 aliphatic heterocycles. The van der Waals surface area contributed by atoms with Crippen LogP contribution in [-0.2, 0) is 33.3 Å². The third-order valence-electron chi connectivity index (χ3n) is 4.04. The number of esters is 3. The molecule has 0 spiro atoms. The number of fused-ring (bicyclic) bond motifs is 1. The van der Waals surface area contributed by atoms with Gasteiger partial charge in [-0.15, -0.1) is 0 Å². The van der Waals surface area contributed by atoms with Gasteiger partial charge in [-0.25, -0.2) is 4.98 Å². The van der Waals surface area contributed by atoms with E-state index in [0.717, 1.165) is 13.8 Å². The number of hydrogen-bond donors (Lipinski definition) is 1. The summed E-state index contributed by atoms with van der Waals surface area (Å²) in [7, 11) is 0. The lowest BCUT2D eigenvalue weighted by Gasteiger charge is -2.23. The SMILES string of the molecule is CC(=O)OCC1OC(n2cnc3c(N)nc(F)nc32)C(OC(C)=O)C1OC(C)=O. The quantitative estimate of drug-likeness (QED) is 0.397. The van der Waals surface area contributed by atoms with Crippen LogP contribution in [0.15, 0.2) is 6.33 Å². The van der Waals surface area contributed by atoms with Crippen LogP contribution in [0.4, 0.5) is 10.2 Å². The standard InChI is InChI=1S/C16H18FN5O7/c1-6(23)26-4-9-11(27-7(2)24)12(28-8(3)25)15(29-9)22-5-19-10-13(18)20-16(17)21-14(10)22/h5,9,11-12,15H,4H2,1-3H3,(H2,18,20,21). The molecular formula is C16H18FN5O7. The predicted molar refractivity (Wildman–Crippen MR) is 91.3 cm³/mol. The van der Waals surface area contributed by atoms with Crippen LogP contribution in [0.5, 0.6) is 0 Å². The zero-order valence-corrected chi connectivity index (χ0v) is 15.7. The number of hydrogen-bond acceptors (Lipinski definition) is 11. The van der Waals surface area contributed by atoms with Crippen molar-refractivity contribution in [2.24, 2.45) is 0 Å². The van der Waals surface area contributed by atoms with Crippen LogP contribution in [-0.4, -0.2) is 62.3 Å². The summed E-state index contributed by atoms with van der Waals surface area (Å²) in [6.07, 6.45) is -4.21. The van der Waals surface area contributed by atoms with Crippen LogP contribution < -0.4 is 5.73 Å². The lowest BCUT2D eigenvalue weighted by Crippen LogP contribution is -2.40. The van der Waals surface area contributed by atoms with E-state index < -0.39 is 48.5 Å². The smallest absolute Gasteiger partial charge is 0.312 e. The number of nitrogens with zero attached hydrogens (tertiary/aromatic N) is 4. The highest BCUT2D eigenvalue weighted by atomic mass is 19.1. The van der Waals surface area contributed by atoms with Crippen LogP contribution in [0, 0.1) is 6.08 Å². The van der Waals surface area contributed by atoms with E-state index in [2.05, 4.69) is 15.0 Å². The molecule has 3 rings (SSSR count). The summed E-state index contributed by atoms with van der Waals surface area (Å²) in [6.45, 7) is 3.24. The number of ether oxygens (including phenoxy) is 4. The Balaban J connectivity index is 2.04. The van der Waals surface area contributed by atoms with Crippen LogP contribution >= 0.6 is 0 Å². The number of anilines is 1. The van der Waals surface area contributed by atoms with Gasteiger partial charge in [-0.3, -0.25) is 19.0 Å². The third-order valence-corrected chi connectivity index (χ3v) is 4.04. The summed E-state index contributed by atoms with van der Waals surface area (Å²) in [4.78, 5) is 45.5. The maximum atomic E-state index is 13.7. The molecule has 156 valence electrons. The van der Waals surface area contributed by atoms with E-state index in [0.29, 0.717) is 0 Å². The molecule has 4 atom stereocenters. The number of halogens is 1. The highest BCUT2D eigenvalue weighted by Crippen LogP contribution is 2.36. The van der Waals surface area contributed by atoms with Crippen molar-refractivity contribution in [2.45, 2.75) is 45.3 Å². The molecule has 3 heterocycles. The normalized spacial score (nSPS) is 23.7. The van der Waals surface area contributed by atoms with Crippen molar-refractivity contribution in [3.8, 4) is 0 Å². The molecule has 0 aliphatic carbocycles. The molecule has 0 bridgehead atoms. The number of nitrogens with two attached hydrogens (primary N) is 1. The summed E-state index contributed by atoms with van der Waals surface area (Å²) in [5.41, 5.74) is 5.75. The van der Waals surface area contributed by atoms with Crippen molar-refractivity contribution < 1.29 is 37.7 Å². The molecule has 0 aromatic carbocycles. The van der Waals surface area contributed by atoms with Crippen molar-refractivity contribution in [3.05, 3.63) is 12.4 Å². The molecule has 2 aromatic rings. The molecule has 29 heavy (non-hydrogen) atoms. The lowest BCUT2D eigenvalue weighted by molar-refractivity contribution is -0.166. The molecular weight excluding hydrogens is 393 g/mol. The highest BCUT2D eigenvalue weighted by Gasteiger charge is 2.51. The van der Waals surface area contributed by atoms with Gasteiger partial charge in [-0.2, -0.15) is 14.4 Å². The van der Waals surface area contributed by atoms with Gasteiger partial charge in [0.25, 0.3) is 0 Å². The van der Waals surface area contributed by atoms with Crippen molar-refractivity contribution in [1.82, 2.24) is 19.5 Å². The molecule has 4 unspecified atom stereocenters. The van der Waals surface area contributed by atoms with Gasteiger partial charge < -0.3 is 24.7 Å². The minimum Gasteiger partial charge on any atom is -0.463 e. The summed E-state index contributed by atoms with van der Waals surface area (Å²) in [6, 6.07) is 0. The minimum atomic E-state index is -1.16. The summed E-state index contributed by atoms with van der Waals surface area (Å²) in [5.74, 6) is -2.13. The number of aromatic nitrogens is 4. The number of imidazole rings is 1. The van der Waals surface area contributed by atoms with Gasteiger partial charge >= 0.3 is 24.0 Å². The van der Waals surface area contributed by atoms with E-state index in [1.54, 1.807) is 0 Å². The fourth-order valence-electron chi connectivity index (χ4n) is 3.01. The first kappa shape index (κ1) is 20.4. The molecule has 12 nitrogen and oxygen atoms in total. The second-order valence-corrected chi connectivity index (χ2v) is 6.22. The Bertz CT molecular complexity index is 965. The monoisotopic (exact) mass is 411 g/mol. The zero-order chi connectivity index (χ0) is 21.3.